The van der Waals surface area contributed by atoms with Gasteiger partial charge in [0.15, 0.2) is 0 Å². The molecule has 0 unspecified atom stereocenters. The Bertz CT molecular complexity index is 1040. The van der Waals surface area contributed by atoms with E-state index in [2.05, 4.69) is 29.0 Å². The summed E-state index contributed by atoms with van der Waals surface area (Å²) in [6.45, 7) is 13.4. The van der Waals surface area contributed by atoms with Crippen LogP contribution >= 0.6 is 0 Å². The summed E-state index contributed by atoms with van der Waals surface area (Å²) in [7, 11) is 0. The van der Waals surface area contributed by atoms with E-state index >= 15 is 0 Å². The van der Waals surface area contributed by atoms with Gasteiger partial charge in [0, 0.05) is 61.9 Å². The lowest BCUT2D eigenvalue weighted by atomic mass is 10.1. The number of hydrogen-bond acceptors (Lipinski definition) is 8. The zero-order valence-corrected chi connectivity index (χ0v) is 19.9. The number of carboxylic acid groups (broad SMARTS) is 2. The van der Waals surface area contributed by atoms with E-state index in [4.69, 9.17) is 19.4 Å². The predicted molar refractivity (Wildman–Crippen MR) is 130 cm³/mol. The van der Waals surface area contributed by atoms with Gasteiger partial charge in [-0.2, -0.15) is 0 Å². The van der Waals surface area contributed by atoms with Crippen LogP contribution < -0.4 is 20.6 Å². The summed E-state index contributed by atoms with van der Waals surface area (Å²) < 4.78 is 11.5. The van der Waals surface area contributed by atoms with Gasteiger partial charge in [-0.1, -0.05) is 13.8 Å². The molecule has 3 rings (SSSR count). The Balaban J connectivity index is 0.000000440. The lowest BCUT2D eigenvalue weighted by Gasteiger charge is -2.30. The van der Waals surface area contributed by atoms with Gasteiger partial charge in [-0.3, -0.25) is 0 Å². The highest BCUT2D eigenvalue weighted by atomic mass is 16.5. The minimum Gasteiger partial charge on any atom is -0.492 e. The van der Waals surface area contributed by atoms with E-state index in [9.17, 15) is 14.4 Å². The van der Waals surface area contributed by atoms with Crippen LogP contribution in [0.1, 0.15) is 19.4 Å². The molecule has 1 aliphatic heterocycles. The first-order valence-electron chi connectivity index (χ1n) is 11.3. The van der Waals surface area contributed by atoms with Crippen LogP contribution in [0.3, 0.4) is 0 Å². The maximum absolute atomic E-state index is 12.1. The second kappa shape index (κ2) is 13.4. The molecular formula is C24H33N3O7. The van der Waals surface area contributed by atoms with Crippen molar-refractivity contribution in [1.82, 2.24) is 10.2 Å². The van der Waals surface area contributed by atoms with Crippen molar-refractivity contribution >= 4 is 28.6 Å². The van der Waals surface area contributed by atoms with E-state index in [1.165, 1.54) is 0 Å². The largest absolute Gasteiger partial charge is 0.492 e. The van der Waals surface area contributed by atoms with Crippen molar-refractivity contribution in [3.05, 3.63) is 46.3 Å². The van der Waals surface area contributed by atoms with Crippen molar-refractivity contribution < 1.29 is 29.0 Å². The third kappa shape index (κ3) is 7.89. The number of aliphatic carboxylic acids is 2. The van der Waals surface area contributed by atoms with Gasteiger partial charge in [-0.05, 0) is 32.1 Å². The fraction of sp³-hybridized carbons (Fsp3) is 0.458. The molecule has 0 spiro atoms. The number of hydrogen-bond donors (Lipinski definition) is 3. The molecule has 10 heteroatoms. The van der Waals surface area contributed by atoms with Gasteiger partial charge in [-0.25, -0.2) is 14.4 Å². The van der Waals surface area contributed by atoms with Gasteiger partial charge >= 0.3 is 17.6 Å². The van der Waals surface area contributed by atoms with Gasteiger partial charge in [0.25, 0.3) is 0 Å². The SMILES string of the molecule is CCN(CC)CCOc1ccc2c(N3CCNCC3)cc(=O)oc2c1C.O=C(O)/C=C\C(=O)O. The van der Waals surface area contributed by atoms with Crippen LogP contribution in [0, 0.1) is 6.92 Å². The van der Waals surface area contributed by atoms with Crippen molar-refractivity contribution in [1.29, 1.82) is 0 Å². The highest BCUT2D eigenvalue weighted by Crippen LogP contribution is 2.32. The van der Waals surface area contributed by atoms with Crippen LogP contribution in [0.15, 0.2) is 39.6 Å². The molecular weight excluding hydrogens is 442 g/mol. The maximum Gasteiger partial charge on any atom is 0.338 e. The molecule has 1 aromatic carbocycles. The molecule has 0 amide bonds. The van der Waals surface area contributed by atoms with E-state index < -0.39 is 11.9 Å². The molecule has 3 N–H and O–H groups in total. The summed E-state index contributed by atoms with van der Waals surface area (Å²) in [6.07, 6.45) is 1.12. The molecule has 0 saturated carbocycles. The van der Waals surface area contributed by atoms with E-state index in [-0.39, 0.29) is 5.63 Å². The Kier molecular flexibility index (Phi) is 10.6. The monoisotopic (exact) mass is 475 g/mol. The second-order valence-corrected chi connectivity index (χ2v) is 7.64. The fourth-order valence-electron chi connectivity index (χ4n) is 3.62. The average molecular weight is 476 g/mol. The number of likely N-dealkylation sites (N-methyl/N-ethyl adjacent to an activating group) is 1. The van der Waals surface area contributed by atoms with Gasteiger partial charge in [0.1, 0.15) is 17.9 Å². The number of nitrogens with zero attached hydrogens (tertiary/aromatic N) is 2. The first-order valence-corrected chi connectivity index (χ1v) is 11.3. The highest BCUT2D eigenvalue weighted by Gasteiger charge is 2.18. The van der Waals surface area contributed by atoms with Crippen molar-refractivity contribution in [2.75, 3.05) is 57.3 Å². The number of anilines is 1. The Labute approximate surface area is 198 Å². The lowest BCUT2D eigenvalue weighted by molar-refractivity contribution is -0.134. The molecule has 10 nitrogen and oxygen atoms in total. The molecule has 0 radical (unpaired) electrons. The number of nitrogens with one attached hydrogen (secondary N) is 1. The zero-order chi connectivity index (χ0) is 25.1. The van der Waals surface area contributed by atoms with E-state index in [1.54, 1.807) is 6.07 Å². The second-order valence-electron chi connectivity index (χ2n) is 7.64. The average Bonchev–Trinajstić information content (AvgIpc) is 2.82. The number of aryl methyl sites for hydroxylation is 1. The van der Waals surface area contributed by atoms with E-state index in [0.717, 1.165) is 68.2 Å². The number of benzene rings is 1. The van der Waals surface area contributed by atoms with Gasteiger partial charge in [-0.15, -0.1) is 0 Å². The van der Waals surface area contributed by atoms with Crippen molar-refractivity contribution in [2.45, 2.75) is 20.8 Å². The number of rotatable bonds is 9. The summed E-state index contributed by atoms with van der Waals surface area (Å²) in [6, 6.07) is 5.61. The minimum absolute atomic E-state index is 0.311. The number of carbonyl (C=O) groups is 2. The molecule has 1 aromatic heterocycles. The number of piperazine rings is 1. The molecule has 0 bridgehead atoms. The Hall–Kier alpha value is -3.37. The number of ether oxygens (including phenoxy) is 1. The van der Waals surface area contributed by atoms with E-state index in [1.807, 2.05) is 19.1 Å². The summed E-state index contributed by atoms with van der Waals surface area (Å²) in [5, 5.41) is 19.9. The predicted octanol–water partition coefficient (Wildman–Crippen LogP) is 1.94. The van der Waals surface area contributed by atoms with Crippen LogP contribution in [0.4, 0.5) is 5.69 Å². The van der Waals surface area contributed by atoms with Gasteiger partial charge in [0.05, 0.1) is 5.69 Å². The molecule has 0 aliphatic carbocycles. The normalized spacial score (nSPS) is 13.7. The first-order chi connectivity index (χ1) is 16.3. The summed E-state index contributed by atoms with van der Waals surface area (Å²) in [4.78, 5) is 35.8. The molecule has 34 heavy (non-hydrogen) atoms. The Morgan fingerprint density at radius 1 is 1.15 bits per heavy atom. The third-order valence-corrected chi connectivity index (χ3v) is 5.48. The van der Waals surface area contributed by atoms with Crippen LogP contribution in [0.5, 0.6) is 5.75 Å². The highest BCUT2D eigenvalue weighted by molar-refractivity contribution is 5.93. The molecule has 2 aromatic rings. The molecule has 2 heterocycles. The summed E-state index contributed by atoms with van der Waals surface area (Å²) in [5.41, 5.74) is 2.16. The first kappa shape index (κ1) is 26.9. The quantitative estimate of drug-likeness (QED) is 0.365. The lowest BCUT2D eigenvalue weighted by Crippen LogP contribution is -2.43. The van der Waals surface area contributed by atoms with Gasteiger partial charge in [0.2, 0.25) is 0 Å². The molecule has 186 valence electrons. The Morgan fingerprint density at radius 2 is 1.76 bits per heavy atom. The molecule has 1 fully saturated rings. The number of fused-ring (bicyclic) bond motifs is 1. The molecule has 1 aliphatic rings. The van der Waals surface area contributed by atoms with Crippen LogP contribution in [-0.4, -0.2) is 79.5 Å². The van der Waals surface area contributed by atoms with Crippen molar-refractivity contribution in [2.24, 2.45) is 0 Å². The van der Waals surface area contributed by atoms with Gasteiger partial charge < -0.3 is 34.5 Å². The van der Waals surface area contributed by atoms with Crippen LogP contribution in [0.25, 0.3) is 11.0 Å². The fourth-order valence-corrected chi connectivity index (χ4v) is 3.62. The Morgan fingerprint density at radius 3 is 2.32 bits per heavy atom. The topological polar surface area (TPSA) is 133 Å². The third-order valence-electron chi connectivity index (χ3n) is 5.48. The summed E-state index contributed by atoms with van der Waals surface area (Å²) >= 11 is 0. The molecule has 0 atom stereocenters. The maximum atomic E-state index is 12.1. The summed E-state index contributed by atoms with van der Waals surface area (Å²) in [5.74, 6) is -1.73. The molecule has 1 saturated heterocycles. The standard InChI is InChI=1S/C20H29N3O3.C4H4O4/c1-4-22(5-2)12-13-25-18-7-6-16-17(23-10-8-21-9-11-23)14-19(24)26-20(16)15(18)3;5-3(6)1-2-4(7)8/h6-7,14,21H,4-5,8-13H2,1-3H3;1-2H,(H,5,6)(H,7,8)/b;2-1-. The van der Waals surface area contributed by atoms with E-state index in [0.29, 0.717) is 24.3 Å². The van der Waals surface area contributed by atoms with Crippen molar-refractivity contribution in [3.8, 4) is 5.75 Å². The minimum atomic E-state index is -1.26. The zero-order valence-electron chi connectivity index (χ0n) is 19.9. The smallest absolute Gasteiger partial charge is 0.338 e. The van der Waals surface area contributed by atoms with Crippen molar-refractivity contribution in [3.63, 3.8) is 0 Å². The number of carboxylic acids is 2. The van der Waals surface area contributed by atoms with Crippen LogP contribution in [-0.2, 0) is 9.59 Å². The van der Waals surface area contributed by atoms with Crippen LogP contribution in [0.2, 0.25) is 0 Å².